The molecule has 0 saturated heterocycles. The summed E-state index contributed by atoms with van der Waals surface area (Å²) < 4.78 is 5.77. The van der Waals surface area contributed by atoms with Crippen LogP contribution in [0.3, 0.4) is 0 Å². The average molecular weight is 248 g/mol. The molecular formula is C16H24O2. The van der Waals surface area contributed by atoms with Crippen LogP contribution in [0.1, 0.15) is 50.4 Å². The molecule has 2 atom stereocenters. The van der Waals surface area contributed by atoms with Gasteiger partial charge in [0.15, 0.2) is 5.78 Å². The molecule has 0 heterocycles. The molecule has 0 aliphatic carbocycles. The van der Waals surface area contributed by atoms with Gasteiger partial charge in [0.2, 0.25) is 0 Å². The minimum atomic E-state index is -0.299. The molecule has 2 heteroatoms. The molecule has 0 aromatic heterocycles. The first kappa shape index (κ1) is 14.9. The molecule has 0 radical (unpaired) electrons. The van der Waals surface area contributed by atoms with Crippen LogP contribution in [0.2, 0.25) is 0 Å². The molecule has 0 spiro atoms. The smallest absolute Gasteiger partial charge is 0.191 e. The van der Waals surface area contributed by atoms with Crippen LogP contribution in [-0.2, 0) is 4.74 Å². The van der Waals surface area contributed by atoms with E-state index in [0.717, 1.165) is 24.8 Å². The van der Waals surface area contributed by atoms with Gasteiger partial charge in [-0.3, -0.25) is 4.79 Å². The number of ether oxygens (including phenoxy) is 1. The normalized spacial score (nSPS) is 14.2. The lowest BCUT2D eigenvalue weighted by atomic mass is 10.0. The topological polar surface area (TPSA) is 26.3 Å². The predicted molar refractivity (Wildman–Crippen MR) is 74.9 cm³/mol. The Kier molecular flexibility index (Phi) is 6.66. The van der Waals surface area contributed by atoms with E-state index in [9.17, 15) is 4.79 Å². The summed E-state index contributed by atoms with van der Waals surface area (Å²) >= 11 is 0. The van der Waals surface area contributed by atoms with Gasteiger partial charge in [-0.15, -0.1) is 0 Å². The van der Waals surface area contributed by atoms with Crippen molar-refractivity contribution in [1.82, 2.24) is 0 Å². The second-order valence-electron chi connectivity index (χ2n) is 4.85. The maximum Gasteiger partial charge on any atom is 0.191 e. The summed E-state index contributed by atoms with van der Waals surface area (Å²) in [5, 5.41) is 0. The molecule has 0 bridgehead atoms. The number of carbonyl (C=O) groups excluding carboxylic acids is 1. The SMILES string of the molecule is CCCC(C)COC(CC)C(=O)c1ccccc1. The van der Waals surface area contributed by atoms with Crippen LogP contribution < -0.4 is 0 Å². The summed E-state index contributed by atoms with van der Waals surface area (Å²) in [6, 6.07) is 9.40. The van der Waals surface area contributed by atoms with Gasteiger partial charge in [-0.25, -0.2) is 0 Å². The van der Waals surface area contributed by atoms with Crippen LogP contribution in [0, 0.1) is 5.92 Å². The lowest BCUT2D eigenvalue weighted by molar-refractivity contribution is 0.0268. The third kappa shape index (κ3) is 4.61. The van der Waals surface area contributed by atoms with E-state index < -0.39 is 0 Å². The molecule has 1 aromatic carbocycles. The number of ketones is 1. The molecular weight excluding hydrogens is 224 g/mol. The van der Waals surface area contributed by atoms with E-state index in [0.29, 0.717) is 12.5 Å². The Labute approximate surface area is 110 Å². The monoisotopic (exact) mass is 248 g/mol. The first-order valence-corrected chi connectivity index (χ1v) is 6.89. The Morgan fingerprint density at radius 1 is 1.22 bits per heavy atom. The predicted octanol–water partition coefficient (Wildman–Crippen LogP) is 4.10. The van der Waals surface area contributed by atoms with E-state index in [1.807, 2.05) is 37.3 Å². The summed E-state index contributed by atoms with van der Waals surface area (Å²) in [6.07, 6.45) is 2.74. The zero-order valence-corrected chi connectivity index (χ0v) is 11.7. The molecule has 2 unspecified atom stereocenters. The van der Waals surface area contributed by atoms with Gasteiger partial charge in [0, 0.05) is 5.56 Å². The number of hydrogen-bond donors (Lipinski definition) is 0. The van der Waals surface area contributed by atoms with Crippen molar-refractivity contribution >= 4 is 5.78 Å². The van der Waals surface area contributed by atoms with Crippen molar-refractivity contribution in [2.75, 3.05) is 6.61 Å². The quantitative estimate of drug-likeness (QED) is 0.647. The van der Waals surface area contributed by atoms with Crippen molar-refractivity contribution in [3.05, 3.63) is 35.9 Å². The van der Waals surface area contributed by atoms with Crippen molar-refractivity contribution in [2.24, 2.45) is 5.92 Å². The molecule has 100 valence electrons. The van der Waals surface area contributed by atoms with E-state index >= 15 is 0 Å². The lowest BCUT2D eigenvalue weighted by Gasteiger charge is -2.18. The highest BCUT2D eigenvalue weighted by molar-refractivity contribution is 5.99. The van der Waals surface area contributed by atoms with E-state index in [2.05, 4.69) is 13.8 Å². The molecule has 1 aromatic rings. The highest BCUT2D eigenvalue weighted by Gasteiger charge is 2.19. The number of hydrogen-bond acceptors (Lipinski definition) is 2. The van der Waals surface area contributed by atoms with Gasteiger partial charge in [-0.1, -0.05) is 57.5 Å². The standard InChI is InChI=1S/C16H24O2/c1-4-9-13(3)12-18-15(5-2)16(17)14-10-7-6-8-11-14/h6-8,10-11,13,15H,4-5,9,12H2,1-3H3. The van der Waals surface area contributed by atoms with Crippen LogP contribution in [0.15, 0.2) is 30.3 Å². The number of Topliss-reactive ketones (excluding diaryl/α,β-unsaturated/α-hetero) is 1. The van der Waals surface area contributed by atoms with Gasteiger partial charge in [0.25, 0.3) is 0 Å². The maximum absolute atomic E-state index is 12.2. The van der Waals surface area contributed by atoms with Crippen molar-refractivity contribution < 1.29 is 9.53 Å². The number of carbonyl (C=O) groups is 1. The Morgan fingerprint density at radius 2 is 1.89 bits per heavy atom. The Morgan fingerprint density at radius 3 is 2.44 bits per heavy atom. The van der Waals surface area contributed by atoms with Crippen molar-refractivity contribution in [3.63, 3.8) is 0 Å². The zero-order chi connectivity index (χ0) is 13.4. The molecule has 1 rings (SSSR count). The number of rotatable bonds is 8. The van der Waals surface area contributed by atoms with Crippen LogP contribution in [0.5, 0.6) is 0 Å². The first-order valence-electron chi connectivity index (χ1n) is 6.89. The third-order valence-electron chi connectivity index (χ3n) is 3.08. The molecule has 0 aliphatic rings. The first-order chi connectivity index (χ1) is 8.69. The zero-order valence-electron chi connectivity index (χ0n) is 11.7. The second-order valence-corrected chi connectivity index (χ2v) is 4.85. The highest BCUT2D eigenvalue weighted by Crippen LogP contribution is 2.12. The Bertz CT molecular complexity index is 345. The summed E-state index contributed by atoms with van der Waals surface area (Å²) in [7, 11) is 0. The minimum Gasteiger partial charge on any atom is -0.370 e. The van der Waals surface area contributed by atoms with Crippen LogP contribution >= 0.6 is 0 Å². The number of benzene rings is 1. The van der Waals surface area contributed by atoms with Gasteiger partial charge in [-0.2, -0.15) is 0 Å². The van der Waals surface area contributed by atoms with E-state index in [4.69, 9.17) is 4.74 Å². The van der Waals surface area contributed by atoms with Crippen molar-refractivity contribution in [2.45, 2.75) is 46.1 Å². The van der Waals surface area contributed by atoms with Crippen molar-refractivity contribution in [1.29, 1.82) is 0 Å². The molecule has 0 amide bonds. The fourth-order valence-electron chi connectivity index (χ4n) is 2.02. The van der Waals surface area contributed by atoms with E-state index in [1.165, 1.54) is 0 Å². The Hall–Kier alpha value is -1.15. The third-order valence-corrected chi connectivity index (χ3v) is 3.08. The molecule has 2 nitrogen and oxygen atoms in total. The summed E-state index contributed by atoms with van der Waals surface area (Å²) in [6.45, 7) is 7.01. The summed E-state index contributed by atoms with van der Waals surface area (Å²) in [5.74, 6) is 0.620. The lowest BCUT2D eigenvalue weighted by Crippen LogP contribution is -2.25. The maximum atomic E-state index is 12.2. The summed E-state index contributed by atoms with van der Waals surface area (Å²) in [4.78, 5) is 12.2. The molecule has 0 fully saturated rings. The van der Waals surface area contributed by atoms with Crippen molar-refractivity contribution in [3.8, 4) is 0 Å². The Balaban J connectivity index is 2.53. The van der Waals surface area contributed by atoms with Crippen LogP contribution in [0.25, 0.3) is 0 Å². The van der Waals surface area contributed by atoms with Gasteiger partial charge in [0.05, 0.1) is 6.61 Å². The average Bonchev–Trinajstić information content (AvgIpc) is 2.40. The molecule has 0 saturated carbocycles. The highest BCUT2D eigenvalue weighted by atomic mass is 16.5. The summed E-state index contributed by atoms with van der Waals surface area (Å²) in [5.41, 5.74) is 0.743. The van der Waals surface area contributed by atoms with Gasteiger partial charge in [-0.05, 0) is 18.8 Å². The second kappa shape index (κ2) is 8.04. The van der Waals surface area contributed by atoms with Crippen LogP contribution in [-0.4, -0.2) is 18.5 Å². The van der Waals surface area contributed by atoms with Crippen LogP contribution in [0.4, 0.5) is 0 Å². The van der Waals surface area contributed by atoms with Gasteiger partial charge >= 0.3 is 0 Å². The van der Waals surface area contributed by atoms with Gasteiger partial charge in [0.1, 0.15) is 6.10 Å². The molecule has 0 aliphatic heterocycles. The van der Waals surface area contributed by atoms with Gasteiger partial charge < -0.3 is 4.74 Å². The van der Waals surface area contributed by atoms with E-state index in [-0.39, 0.29) is 11.9 Å². The largest absolute Gasteiger partial charge is 0.370 e. The fourth-order valence-corrected chi connectivity index (χ4v) is 2.02. The molecule has 0 N–H and O–H groups in total. The molecule has 18 heavy (non-hydrogen) atoms. The fraction of sp³-hybridized carbons (Fsp3) is 0.562. The minimum absolute atomic E-state index is 0.0989. The van der Waals surface area contributed by atoms with E-state index in [1.54, 1.807) is 0 Å².